The van der Waals surface area contributed by atoms with Gasteiger partial charge in [-0.15, -0.1) is 0 Å². The second-order valence-corrected chi connectivity index (χ2v) is 9.11. The topological polar surface area (TPSA) is 66.5 Å². The van der Waals surface area contributed by atoms with Crippen LogP contribution in [0.25, 0.3) is 0 Å². The van der Waals surface area contributed by atoms with Gasteiger partial charge in [0.2, 0.25) is 11.8 Å². The Labute approximate surface area is 188 Å². The first kappa shape index (κ1) is 20.7. The Bertz CT molecular complexity index is 1140. The van der Waals surface area contributed by atoms with E-state index in [1.54, 1.807) is 24.3 Å². The SMILES string of the molecule is CCc1cccc(CC)c1NC(=O)c1ccccc1N1C(=O)[C@@H]2[C@H](C1=O)[C@@H]1C[C@@H]2C=C1C. The van der Waals surface area contributed by atoms with Gasteiger partial charge in [-0.1, -0.05) is 55.8 Å². The molecule has 2 aromatic rings. The fourth-order valence-electron chi connectivity index (χ4n) is 5.96. The highest BCUT2D eigenvalue weighted by molar-refractivity contribution is 6.25. The van der Waals surface area contributed by atoms with Crippen molar-refractivity contribution in [2.45, 2.75) is 40.0 Å². The van der Waals surface area contributed by atoms with Gasteiger partial charge in [-0.25, -0.2) is 4.90 Å². The number of benzene rings is 2. The third kappa shape index (κ3) is 2.94. The minimum Gasteiger partial charge on any atom is -0.321 e. The normalized spacial score (nSPS) is 25.8. The fraction of sp³-hybridized carbons (Fsp3) is 0.370. The number of hydrogen-bond donors (Lipinski definition) is 1. The summed E-state index contributed by atoms with van der Waals surface area (Å²) in [7, 11) is 0. The summed E-state index contributed by atoms with van der Waals surface area (Å²) in [6, 6.07) is 13.0. The summed E-state index contributed by atoms with van der Waals surface area (Å²) in [6.45, 7) is 6.17. The Morgan fingerprint density at radius 2 is 1.62 bits per heavy atom. The number of fused-ring (bicyclic) bond motifs is 5. The molecule has 5 rings (SSSR count). The standard InChI is InChI=1S/C27H28N2O3/c1-4-16-9-8-10-17(5-2)24(16)28-25(30)19-11-6-7-12-21(19)29-26(31)22-18-13-15(3)20(14-18)23(22)27(29)32/h6-13,18,20,22-23H,4-5,14H2,1-3H3,(H,28,30)/t18-,20+,22-,23+/m0/s1. The lowest BCUT2D eigenvalue weighted by Crippen LogP contribution is -2.34. The van der Waals surface area contributed by atoms with Gasteiger partial charge >= 0.3 is 0 Å². The number of carbonyl (C=O) groups excluding carboxylic acids is 3. The second-order valence-electron chi connectivity index (χ2n) is 9.11. The van der Waals surface area contributed by atoms with Crippen LogP contribution in [0.1, 0.15) is 48.7 Å². The zero-order valence-corrected chi connectivity index (χ0v) is 18.7. The van der Waals surface area contributed by atoms with Crippen LogP contribution >= 0.6 is 0 Å². The predicted molar refractivity (Wildman–Crippen MR) is 124 cm³/mol. The van der Waals surface area contributed by atoms with Crippen molar-refractivity contribution in [3.63, 3.8) is 0 Å². The first-order valence-electron chi connectivity index (χ1n) is 11.5. The van der Waals surface area contributed by atoms with Crippen molar-refractivity contribution in [2.24, 2.45) is 23.7 Å². The zero-order chi connectivity index (χ0) is 22.6. The number of para-hydroxylation sites is 2. The molecule has 0 unspecified atom stereocenters. The van der Waals surface area contributed by atoms with E-state index in [4.69, 9.17) is 0 Å². The van der Waals surface area contributed by atoms with E-state index in [1.807, 2.05) is 18.2 Å². The molecule has 5 heteroatoms. The van der Waals surface area contributed by atoms with Gasteiger partial charge in [0.1, 0.15) is 0 Å². The van der Waals surface area contributed by atoms with Gasteiger partial charge in [-0.3, -0.25) is 14.4 Å². The lowest BCUT2D eigenvalue weighted by atomic mass is 9.82. The smallest absolute Gasteiger partial charge is 0.257 e. The van der Waals surface area contributed by atoms with Crippen molar-refractivity contribution in [3.8, 4) is 0 Å². The van der Waals surface area contributed by atoms with E-state index in [-0.39, 0.29) is 41.4 Å². The summed E-state index contributed by atoms with van der Waals surface area (Å²) < 4.78 is 0. The first-order valence-corrected chi connectivity index (χ1v) is 11.5. The minimum absolute atomic E-state index is 0.135. The number of rotatable bonds is 5. The maximum atomic E-state index is 13.4. The second kappa shape index (κ2) is 7.73. The number of hydrogen-bond acceptors (Lipinski definition) is 3. The number of carbonyl (C=O) groups is 3. The van der Waals surface area contributed by atoms with Gasteiger partial charge in [-0.05, 0) is 61.3 Å². The molecule has 3 amide bonds. The van der Waals surface area contributed by atoms with Gasteiger partial charge in [-0.2, -0.15) is 0 Å². The monoisotopic (exact) mass is 428 g/mol. The van der Waals surface area contributed by atoms with E-state index in [1.165, 1.54) is 10.5 Å². The van der Waals surface area contributed by atoms with Gasteiger partial charge < -0.3 is 5.32 Å². The predicted octanol–water partition coefficient (Wildman–Crippen LogP) is 4.77. The van der Waals surface area contributed by atoms with E-state index in [9.17, 15) is 14.4 Å². The molecule has 1 saturated carbocycles. The molecule has 0 radical (unpaired) electrons. The lowest BCUT2D eigenvalue weighted by Gasteiger charge is -2.21. The zero-order valence-electron chi connectivity index (χ0n) is 18.7. The van der Waals surface area contributed by atoms with Gasteiger partial charge in [0.15, 0.2) is 0 Å². The molecule has 1 saturated heterocycles. The Morgan fingerprint density at radius 1 is 0.969 bits per heavy atom. The average Bonchev–Trinajstić information content (AvgIpc) is 3.44. The van der Waals surface area contributed by atoms with Crippen LogP contribution < -0.4 is 10.2 Å². The number of anilines is 2. The van der Waals surface area contributed by atoms with Crippen molar-refractivity contribution in [2.75, 3.05) is 10.2 Å². The maximum Gasteiger partial charge on any atom is 0.257 e. The molecule has 5 nitrogen and oxygen atoms in total. The highest BCUT2D eigenvalue weighted by Gasteiger charge is 2.61. The number of allylic oxidation sites excluding steroid dienone is 2. The number of nitrogens with one attached hydrogen (secondary N) is 1. The summed E-state index contributed by atoms with van der Waals surface area (Å²) in [5.74, 6) is -0.929. The molecule has 4 atom stereocenters. The van der Waals surface area contributed by atoms with Crippen LogP contribution in [-0.2, 0) is 22.4 Å². The van der Waals surface area contributed by atoms with Crippen molar-refractivity contribution >= 4 is 29.1 Å². The fourth-order valence-corrected chi connectivity index (χ4v) is 5.96. The lowest BCUT2D eigenvalue weighted by molar-refractivity contribution is -0.123. The summed E-state index contributed by atoms with van der Waals surface area (Å²) in [5, 5.41) is 3.08. The van der Waals surface area contributed by atoms with Crippen LogP contribution in [0, 0.1) is 23.7 Å². The molecule has 3 aliphatic rings. The van der Waals surface area contributed by atoms with E-state index >= 15 is 0 Å². The molecule has 1 N–H and O–H groups in total. The average molecular weight is 429 g/mol. The Kier molecular flexibility index (Phi) is 5.00. The van der Waals surface area contributed by atoms with Gasteiger partial charge in [0.25, 0.3) is 5.91 Å². The molecular formula is C27H28N2O3. The highest BCUT2D eigenvalue weighted by atomic mass is 16.2. The highest BCUT2D eigenvalue weighted by Crippen LogP contribution is 2.56. The van der Waals surface area contributed by atoms with E-state index in [0.29, 0.717) is 11.3 Å². The van der Waals surface area contributed by atoms with Gasteiger partial charge in [0.05, 0.1) is 23.1 Å². The number of amides is 3. The summed E-state index contributed by atoms with van der Waals surface area (Å²) >= 11 is 0. The molecule has 2 bridgehead atoms. The molecule has 2 aliphatic carbocycles. The van der Waals surface area contributed by atoms with Crippen LogP contribution in [0.4, 0.5) is 11.4 Å². The van der Waals surface area contributed by atoms with Crippen LogP contribution in [-0.4, -0.2) is 17.7 Å². The number of aryl methyl sites for hydroxylation is 2. The minimum atomic E-state index is -0.300. The van der Waals surface area contributed by atoms with Gasteiger partial charge in [0, 0.05) is 5.69 Å². The van der Waals surface area contributed by atoms with Crippen molar-refractivity contribution in [3.05, 3.63) is 70.8 Å². The Hall–Kier alpha value is -3.21. The molecule has 0 aromatic heterocycles. The summed E-state index contributed by atoms with van der Waals surface area (Å²) in [5.41, 5.74) is 4.91. The van der Waals surface area contributed by atoms with Crippen LogP contribution in [0.3, 0.4) is 0 Å². The molecule has 0 spiro atoms. The van der Waals surface area contributed by atoms with E-state index in [0.717, 1.165) is 36.1 Å². The third-order valence-electron chi connectivity index (χ3n) is 7.51. The summed E-state index contributed by atoms with van der Waals surface area (Å²) in [4.78, 5) is 41.5. The molecule has 2 aromatic carbocycles. The van der Waals surface area contributed by atoms with Crippen molar-refractivity contribution < 1.29 is 14.4 Å². The van der Waals surface area contributed by atoms with E-state index < -0.39 is 0 Å². The first-order chi connectivity index (χ1) is 15.5. The van der Waals surface area contributed by atoms with Crippen molar-refractivity contribution in [1.82, 2.24) is 0 Å². The van der Waals surface area contributed by atoms with Crippen molar-refractivity contribution in [1.29, 1.82) is 0 Å². The maximum absolute atomic E-state index is 13.4. The molecular weight excluding hydrogens is 400 g/mol. The number of nitrogens with zero attached hydrogens (tertiary/aromatic N) is 1. The quantitative estimate of drug-likeness (QED) is 0.551. The van der Waals surface area contributed by atoms with E-state index in [2.05, 4.69) is 32.2 Å². The van der Waals surface area contributed by atoms with Crippen LogP contribution in [0.2, 0.25) is 0 Å². The van der Waals surface area contributed by atoms with Crippen LogP contribution in [0.5, 0.6) is 0 Å². The largest absolute Gasteiger partial charge is 0.321 e. The van der Waals surface area contributed by atoms with Crippen LogP contribution in [0.15, 0.2) is 54.1 Å². The molecule has 2 fully saturated rings. The molecule has 1 aliphatic heterocycles. The molecule has 32 heavy (non-hydrogen) atoms. The third-order valence-corrected chi connectivity index (χ3v) is 7.51. The number of imide groups is 1. The summed E-state index contributed by atoms with van der Waals surface area (Å²) in [6.07, 6.45) is 4.65. The Morgan fingerprint density at radius 3 is 2.31 bits per heavy atom. The molecule has 1 heterocycles. The Balaban J connectivity index is 1.49. The molecule has 164 valence electrons.